The molecule has 2 aromatic carbocycles. The fraction of sp³-hybridized carbons (Fsp3) is 0.200. The van der Waals surface area contributed by atoms with E-state index in [9.17, 15) is 0 Å². The zero-order chi connectivity index (χ0) is 13.4. The molecule has 0 aliphatic carbocycles. The van der Waals surface area contributed by atoms with Gasteiger partial charge in [-0.25, -0.2) is 0 Å². The van der Waals surface area contributed by atoms with Crippen molar-refractivity contribution in [3.05, 3.63) is 60.2 Å². The molecule has 2 aromatic rings. The Balaban J connectivity index is 2.10. The minimum Gasteiger partial charge on any atom is -0.493 e. The normalized spacial score (nSPS) is 14.9. The monoisotopic (exact) mass is 540 g/mol. The number of hydrogen-bond acceptors (Lipinski definition) is 1. The number of halogens is 3. The molecule has 0 saturated heterocycles. The molecular formula is C15H11BrI2O. The van der Waals surface area contributed by atoms with E-state index < -0.39 is 0 Å². The fourth-order valence-electron chi connectivity index (χ4n) is 2.33. The number of fused-ring (bicyclic) bond motifs is 1. The van der Waals surface area contributed by atoms with Gasteiger partial charge in [-0.05, 0) is 74.5 Å². The Morgan fingerprint density at radius 1 is 1.11 bits per heavy atom. The van der Waals surface area contributed by atoms with Gasteiger partial charge >= 0.3 is 0 Å². The largest absolute Gasteiger partial charge is 0.493 e. The summed E-state index contributed by atoms with van der Waals surface area (Å²) < 4.78 is 8.37. The maximum absolute atomic E-state index is 5.83. The van der Waals surface area contributed by atoms with Crippen LogP contribution in [0.5, 0.6) is 5.75 Å². The highest BCUT2D eigenvalue weighted by Gasteiger charge is 2.23. The Morgan fingerprint density at radius 3 is 2.68 bits per heavy atom. The van der Waals surface area contributed by atoms with Crippen molar-refractivity contribution in [3.8, 4) is 5.75 Å². The Morgan fingerprint density at radius 2 is 1.89 bits per heavy atom. The number of ether oxygens (including phenoxy) is 1. The Hall–Kier alpha value is 0.180. The molecule has 0 spiro atoms. The van der Waals surface area contributed by atoms with E-state index in [0.717, 1.165) is 18.8 Å². The van der Waals surface area contributed by atoms with Crippen molar-refractivity contribution < 1.29 is 4.74 Å². The highest BCUT2D eigenvalue weighted by atomic mass is 127. The minimum atomic E-state index is 0.183. The van der Waals surface area contributed by atoms with Crippen molar-refractivity contribution in [1.29, 1.82) is 0 Å². The quantitative estimate of drug-likeness (QED) is 0.370. The van der Waals surface area contributed by atoms with Crippen LogP contribution in [0.2, 0.25) is 0 Å². The summed E-state index contributed by atoms with van der Waals surface area (Å²) in [6.45, 7) is 0.800. The lowest BCUT2D eigenvalue weighted by Crippen LogP contribution is -1.99. The van der Waals surface area contributed by atoms with Gasteiger partial charge in [0, 0.05) is 19.1 Å². The highest BCUT2D eigenvalue weighted by molar-refractivity contribution is 14.1. The summed E-state index contributed by atoms with van der Waals surface area (Å²) in [5.74, 6) is 1.07. The number of hydrogen-bond donors (Lipinski definition) is 0. The molecule has 1 atom stereocenters. The van der Waals surface area contributed by atoms with E-state index >= 15 is 0 Å². The molecule has 0 N–H and O–H groups in total. The third-order valence-electron chi connectivity index (χ3n) is 3.23. The van der Waals surface area contributed by atoms with Crippen LogP contribution in [0, 0.1) is 7.14 Å². The molecule has 19 heavy (non-hydrogen) atoms. The lowest BCUT2D eigenvalue weighted by atomic mass is 10.0. The zero-order valence-corrected chi connectivity index (χ0v) is 15.9. The van der Waals surface area contributed by atoms with Gasteiger partial charge in [0.25, 0.3) is 0 Å². The lowest BCUT2D eigenvalue weighted by Gasteiger charge is -2.16. The fourth-order valence-corrected chi connectivity index (χ4v) is 4.91. The van der Waals surface area contributed by atoms with Crippen LogP contribution < -0.4 is 4.74 Å². The van der Waals surface area contributed by atoms with Crippen molar-refractivity contribution >= 4 is 61.1 Å². The standard InChI is InChI=1S/C15H11BrI2O/c16-14(11-3-1-2-4-13(11)18)12-8-10(17)7-9-5-6-19-15(9)12/h1-4,7-8,14H,5-6H2. The van der Waals surface area contributed by atoms with Gasteiger partial charge in [-0.3, -0.25) is 0 Å². The van der Waals surface area contributed by atoms with Crippen LogP contribution in [0.15, 0.2) is 36.4 Å². The van der Waals surface area contributed by atoms with E-state index in [1.54, 1.807) is 0 Å². The van der Waals surface area contributed by atoms with Gasteiger partial charge in [0.05, 0.1) is 11.4 Å². The van der Waals surface area contributed by atoms with Gasteiger partial charge in [-0.15, -0.1) is 0 Å². The van der Waals surface area contributed by atoms with Gasteiger partial charge < -0.3 is 4.74 Å². The van der Waals surface area contributed by atoms with Crippen LogP contribution >= 0.6 is 61.1 Å². The molecule has 1 aliphatic heterocycles. The molecule has 1 unspecified atom stereocenters. The molecule has 0 amide bonds. The number of rotatable bonds is 2. The third-order valence-corrected chi connectivity index (χ3v) is 5.82. The van der Waals surface area contributed by atoms with Crippen molar-refractivity contribution in [1.82, 2.24) is 0 Å². The predicted molar refractivity (Wildman–Crippen MR) is 98.3 cm³/mol. The minimum absolute atomic E-state index is 0.183. The van der Waals surface area contributed by atoms with Gasteiger partial charge in [0.1, 0.15) is 5.75 Å². The van der Waals surface area contributed by atoms with Crippen molar-refractivity contribution in [2.24, 2.45) is 0 Å². The van der Waals surface area contributed by atoms with E-state index in [4.69, 9.17) is 4.74 Å². The van der Waals surface area contributed by atoms with E-state index in [-0.39, 0.29) is 4.83 Å². The van der Waals surface area contributed by atoms with E-state index in [0.29, 0.717) is 0 Å². The molecule has 0 aromatic heterocycles. The molecule has 0 saturated carbocycles. The third kappa shape index (κ3) is 2.81. The van der Waals surface area contributed by atoms with Crippen molar-refractivity contribution in [3.63, 3.8) is 0 Å². The highest BCUT2D eigenvalue weighted by Crippen LogP contribution is 2.42. The molecular weight excluding hydrogens is 530 g/mol. The number of alkyl halides is 1. The Labute approximate surface area is 148 Å². The predicted octanol–water partition coefficient (Wildman–Crippen LogP) is 5.32. The Kier molecular flexibility index (Phi) is 4.38. The SMILES string of the molecule is BrC(c1ccccc1I)c1cc(I)cc2c1OCC2. The first-order valence-electron chi connectivity index (χ1n) is 6.00. The lowest BCUT2D eigenvalue weighted by molar-refractivity contribution is 0.354. The summed E-state index contributed by atoms with van der Waals surface area (Å²) in [6, 6.07) is 12.9. The summed E-state index contributed by atoms with van der Waals surface area (Å²) in [7, 11) is 0. The topological polar surface area (TPSA) is 9.23 Å². The van der Waals surface area contributed by atoms with Crippen LogP contribution in [0.4, 0.5) is 0 Å². The van der Waals surface area contributed by atoms with E-state index in [1.807, 2.05) is 0 Å². The van der Waals surface area contributed by atoms with E-state index in [2.05, 4.69) is 97.5 Å². The van der Waals surface area contributed by atoms with Gasteiger partial charge in [0.2, 0.25) is 0 Å². The van der Waals surface area contributed by atoms with Crippen LogP contribution in [-0.2, 0) is 6.42 Å². The van der Waals surface area contributed by atoms with E-state index in [1.165, 1.54) is 23.8 Å². The molecule has 4 heteroatoms. The zero-order valence-electron chi connectivity index (χ0n) is 10.00. The number of benzene rings is 2. The smallest absolute Gasteiger partial charge is 0.127 e. The maximum atomic E-state index is 5.83. The molecule has 0 fully saturated rings. The van der Waals surface area contributed by atoms with Gasteiger partial charge in [-0.2, -0.15) is 0 Å². The Bertz CT molecular complexity index is 628. The van der Waals surface area contributed by atoms with Crippen LogP contribution in [0.25, 0.3) is 0 Å². The second kappa shape index (κ2) is 5.89. The summed E-state index contributed by atoms with van der Waals surface area (Å²) in [6.07, 6.45) is 1.02. The molecule has 1 aliphatic rings. The summed E-state index contributed by atoms with van der Waals surface area (Å²) >= 11 is 8.61. The van der Waals surface area contributed by atoms with Crippen molar-refractivity contribution in [2.45, 2.75) is 11.2 Å². The molecule has 1 nitrogen and oxygen atoms in total. The summed E-state index contributed by atoms with van der Waals surface area (Å²) in [4.78, 5) is 0.183. The molecule has 0 radical (unpaired) electrons. The van der Waals surface area contributed by atoms with Crippen LogP contribution in [0.3, 0.4) is 0 Å². The molecule has 0 bridgehead atoms. The van der Waals surface area contributed by atoms with Crippen molar-refractivity contribution in [2.75, 3.05) is 6.61 Å². The second-order valence-electron chi connectivity index (χ2n) is 4.47. The van der Waals surface area contributed by atoms with Gasteiger partial charge in [-0.1, -0.05) is 34.1 Å². The average molecular weight is 541 g/mol. The molecule has 3 rings (SSSR count). The van der Waals surface area contributed by atoms with Crippen LogP contribution in [-0.4, -0.2) is 6.61 Å². The van der Waals surface area contributed by atoms with Gasteiger partial charge in [0.15, 0.2) is 0 Å². The summed E-state index contributed by atoms with van der Waals surface area (Å²) in [5, 5.41) is 0. The first kappa shape index (κ1) is 14.1. The maximum Gasteiger partial charge on any atom is 0.127 e. The first-order valence-corrected chi connectivity index (χ1v) is 9.08. The molecule has 98 valence electrons. The summed E-state index contributed by atoms with van der Waals surface area (Å²) in [5.41, 5.74) is 3.86. The first-order chi connectivity index (χ1) is 9.16. The molecule has 1 heterocycles. The average Bonchev–Trinajstić information content (AvgIpc) is 2.85. The second-order valence-corrected chi connectivity index (χ2v) is 7.79. The van der Waals surface area contributed by atoms with Crippen LogP contribution in [0.1, 0.15) is 21.5 Å².